The van der Waals surface area contributed by atoms with Crippen LogP contribution in [0.25, 0.3) is 0 Å². The van der Waals surface area contributed by atoms with Gasteiger partial charge in [0.2, 0.25) is 0 Å². The summed E-state index contributed by atoms with van der Waals surface area (Å²) in [6.45, 7) is 0.454. The van der Waals surface area contributed by atoms with E-state index >= 15 is 0 Å². The third-order valence-electron chi connectivity index (χ3n) is 4.32. The SMILES string of the molecule is O=C(Nc1cc([N+](=O)[O-])ccc1Cl)C(=O)N(Cc1ccccc1)Cc1ccccc1. The average Bonchev–Trinajstić information content (AvgIpc) is 2.75. The Morgan fingerprint density at radius 1 is 0.900 bits per heavy atom. The highest BCUT2D eigenvalue weighted by atomic mass is 35.5. The molecule has 3 aromatic carbocycles. The summed E-state index contributed by atoms with van der Waals surface area (Å²) in [5.41, 5.74) is 1.49. The van der Waals surface area contributed by atoms with Gasteiger partial charge < -0.3 is 10.2 Å². The van der Waals surface area contributed by atoms with E-state index in [1.165, 1.54) is 17.0 Å². The van der Waals surface area contributed by atoms with E-state index in [1.54, 1.807) is 0 Å². The van der Waals surface area contributed by atoms with Crippen LogP contribution in [0.4, 0.5) is 11.4 Å². The van der Waals surface area contributed by atoms with Gasteiger partial charge in [-0.15, -0.1) is 0 Å². The standard InChI is InChI=1S/C22H18ClN3O4/c23-19-12-11-18(26(29)30)13-20(19)24-21(27)22(28)25(14-16-7-3-1-4-8-16)15-17-9-5-2-6-10-17/h1-13H,14-15H2,(H,24,27). The first-order valence-corrected chi connectivity index (χ1v) is 9.44. The average molecular weight is 424 g/mol. The number of anilines is 1. The summed E-state index contributed by atoms with van der Waals surface area (Å²) in [7, 11) is 0. The lowest BCUT2D eigenvalue weighted by Crippen LogP contribution is -2.39. The van der Waals surface area contributed by atoms with Gasteiger partial charge in [-0.05, 0) is 17.2 Å². The Labute approximate surface area is 178 Å². The number of carbonyl (C=O) groups is 2. The molecule has 0 fully saturated rings. The number of rotatable bonds is 6. The topological polar surface area (TPSA) is 92.5 Å². The summed E-state index contributed by atoms with van der Waals surface area (Å²) in [6.07, 6.45) is 0. The lowest BCUT2D eigenvalue weighted by atomic mass is 10.1. The van der Waals surface area contributed by atoms with E-state index in [2.05, 4.69) is 5.32 Å². The molecule has 0 saturated heterocycles. The van der Waals surface area contributed by atoms with Crippen molar-refractivity contribution in [2.24, 2.45) is 0 Å². The fourth-order valence-corrected chi connectivity index (χ4v) is 3.01. The maximum Gasteiger partial charge on any atom is 0.313 e. The zero-order chi connectivity index (χ0) is 21.5. The van der Waals surface area contributed by atoms with Crippen LogP contribution in [0.2, 0.25) is 5.02 Å². The molecule has 7 nitrogen and oxygen atoms in total. The van der Waals surface area contributed by atoms with Crippen LogP contribution in [0, 0.1) is 10.1 Å². The monoisotopic (exact) mass is 423 g/mol. The molecule has 0 aliphatic rings. The van der Waals surface area contributed by atoms with Gasteiger partial charge in [-0.25, -0.2) is 0 Å². The zero-order valence-electron chi connectivity index (χ0n) is 15.8. The summed E-state index contributed by atoms with van der Waals surface area (Å²) in [5.74, 6) is -1.70. The van der Waals surface area contributed by atoms with Gasteiger partial charge in [0.05, 0.1) is 15.6 Å². The molecule has 0 unspecified atom stereocenters. The van der Waals surface area contributed by atoms with Crippen LogP contribution >= 0.6 is 11.6 Å². The number of amides is 2. The van der Waals surface area contributed by atoms with Crippen LogP contribution in [0.5, 0.6) is 0 Å². The number of nitro groups is 1. The number of nitro benzene ring substituents is 1. The minimum atomic E-state index is -0.927. The summed E-state index contributed by atoms with van der Waals surface area (Å²) >= 11 is 6.03. The molecule has 0 spiro atoms. The number of benzene rings is 3. The largest absolute Gasteiger partial charge is 0.326 e. The van der Waals surface area contributed by atoms with Crippen LogP contribution < -0.4 is 5.32 Å². The fraction of sp³-hybridized carbons (Fsp3) is 0.0909. The van der Waals surface area contributed by atoms with E-state index < -0.39 is 16.7 Å². The van der Waals surface area contributed by atoms with Gasteiger partial charge >= 0.3 is 11.8 Å². The van der Waals surface area contributed by atoms with E-state index in [4.69, 9.17) is 11.6 Å². The van der Waals surface area contributed by atoms with Crippen LogP contribution in [-0.2, 0) is 22.7 Å². The second-order valence-corrected chi connectivity index (χ2v) is 6.91. The Balaban J connectivity index is 1.82. The molecule has 0 aliphatic heterocycles. The van der Waals surface area contributed by atoms with Crippen molar-refractivity contribution in [3.05, 3.63) is 105 Å². The smallest absolute Gasteiger partial charge is 0.313 e. The third-order valence-corrected chi connectivity index (χ3v) is 4.65. The summed E-state index contributed by atoms with van der Waals surface area (Å²) in [6, 6.07) is 22.2. The second-order valence-electron chi connectivity index (χ2n) is 6.51. The van der Waals surface area contributed by atoms with Crippen molar-refractivity contribution in [3.63, 3.8) is 0 Å². The number of hydrogen-bond donors (Lipinski definition) is 1. The van der Waals surface area contributed by atoms with E-state index in [1.807, 2.05) is 60.7 Å². The molecule has 152 valence electrons. The van der Waals surface area contributed by atoms with Crippen molar-refractivity contribution in [1.82, 2.24) is 4.90 Å². The number of halogens is 1. The molecule has 0 atom stereocenters. The third kappa shape index (κ3) is 5.42. The Bertz CT molecular complexity index is 1020. The molecule has 30 heavy (non-hydrogen) atoms. The van der Waals surface area contributed by atoms with Gasteiger partial charge in [0.15, 0.2) is 0 Å². The van der Waals surface area contributed by atoms with Crippen molar-refractivity contribution in [1.29, 1.82) is 0 Å². The fourth-order valence-electron chi connectivity index (χ4n) is 2.85. The molecule has 2 amide bonds. The maximum absolute atomic E-state index is 12.9. The van der Waals surface area contributed by atoms with Gasteiger partial charge in [-0.3, -0.25) is 19.7 Å². The van der Waals surface area contributed by atoms with E-state index in [-0.39, 0.29) is 29.5 Å². The minimum Gasteiger partial charge on any atom is -0.326 e. The maximum atomic E-state index is 12.9. The highest BCUT2D eigenvalue weighted by Crippen LogP contribution is 2.26. The van der Waals surface area contributed by atoms with Crippen molar-refractivity contribution in [2.75, 3.05) is 5.32 Å². The van der Waals surface area contributed by atoms with Gasteiger partial charge in [-0.2, -0.15) is 0 Å². The Morgan fingerprint density at radius 3 is 1.93 bits per heavy atom. The van der Waals surface area contributed by atoms with Crippen LogP contribution in [0.3, 0.4) is 0 Å². The first-order chi connectivity index (χ1) is 14.4. The normalized spacial score (nSPS) is 10.3. The molecule has 3 aromatic rings. The predicted octanol–water partition coefficient (Wildman–Crippen LogP) is 4.42. The Kier molecular flexibility index (Phi) is 6.77. The van der Waals surface area contributed by atoms with Crippen molar-refractivity contribution < 1.29 is 14.5 Å². The second kappa shape index (κ2) is 9.67. The molecule has 1 N–H and O–H groups in total. The van der Waals surface area contributed by atoms with E-state index in [0.29, 0.717) is 0 Å². The lowest BCUT2D eigenvalue weighted by molar-refractivity contribution is -0.384. The number of carbonyl (C=O) groups excluding carboxylic acids is 2. The first-order valence-electron chi connectivity index (χ1n) is 9.06. The van der Waals surface area contributed by atoms with Crippen LogP contribution in [0.15, 0.2) is 78.9 Å². The summed E-state index contributed by atoms with van der Waals surface area (Å²) in [5, 5.41) is 13.5. The number of nitrogens with one attached hydrogen (secondary N) is 1. The van der Waals surface area contributed by atoms with Crippen molar-refractivity contribution >= 4 is 34.8 Å². The molecule has 0 radical (unpaired) electrons. The van der Waals surface area contributed by atoms with Crippen LogP contribution in [-0.4, -0.2) is 21.6 Å². The molecule has 0 aliphatic carbocycles. The highest BCUT2D eigenvalue weighted by Gasteiger charge is 2.24. The van der Waals surface area contributed by atoms with Gasteiger partial charge in [0, 0.05) is 25.2 Å². The number of nitrogens with zero attached hydrogens (tertiary/aromatic N) is 2. The van der Waals surface area contributed by atoms with E-state index in [0.717, 1.165) is 17.2 Å². The van der Waals surface area contributed by atoms with Crippen LogP contribution in [0.1, 0.15) is 11.1 Å². The zero-order valence-corrected chi connectivity index (χ0v) is 16.6. The lowest BCUT2D eigenvalue weighted by Gasteiger charge is -2.22. The minimum absolute atomic E-state index is 0.00332. The Hall–Kier alpha value is -3.71. The van der Waals surface area contributed by atoms with Gasteiger partial charge in [-0.1, -0.05) is 72.3 Å². The molecule has 8 heteroatoms. The predicted molar refractivity (Wildman–Crippen MR) is 114 cm³/mol. The molecule has 0 aromatic heterocycles. The van der Waals surface area contributed by atoms with E-state index in [9.17, 15) is 19.7 Å². The highest BCUT2D eigenvalue weighted by molar-refractivity contribution is 6.41. The molecule has 3 rings (SSSR count). The first kappa shape index (κ1) is 21.0. The molecule has 0 saturated carbocycles. The molecule has 0 heterocycles. The summed E-state index contributed by atoms with van der Waals surface area (Å²) < 4.78 is 0. The Morgan fingerprint density at radius 2 is 1.43 bits per heavy atom. The number of hydrogen-bond acceptors (Lipinski definition) is 4. The molecule has 0 bridgehead atoms. The van der Waals surface area contributed by atoms with Gasteiger partial charge in [0.25, 0.3) is 5.69 Å². The summed E-state index contributed by atoms with van der Waals surface area (Å²) in [4.78, 5) is 37.3. The molecular weight excluding hydrogens is 406 g/mol. The molecular formula is C22H18ClN3O4. The van der Waals surface area contributed by atoms with Crippen molar-refractivity contribution in [3.8, 4) is 0 Å². The van der Waals surface area contributed by atoms with Gasteiger partial charge in [0.1, 0.15) is 0 Å². The van der Waals surface area contributed by atoms with Crippen molar-refractivity contribution in [2.45, 2.75) is 13.1 Å². The quantitative estimate of drug-likeness (QED) is 0.361. The number of non-ortho nitro benzene ring substituents is 1.